The summed E-state index contributed by atoms with van der Waals surface area (Å²) in [5, 5.41) is 2.77. The summed E-state index contributed by atoms with van der Waals surface area (Å²) < 4.78 is 5.56. The van der Waals surface area contributed by atoms with Crippen LogP contribution in [-0.2, 0) is 4.74 Å². The van der Waals surface area contributed by atoms with E-state index in [2.05, 4.69) is 41.4 Å². The fraction of sp³-hybridized carbons (Fsp3) is 0.125. The Morgan fingerprint density at radius 2 is 1.36 bits per heavy atom. The highest BCUT2D eigenvalue weighted by Crippen LogP contribution is 2.44. The van der Waals surface area contributed by atoms with Crippen molar-refractivity contribution in [3.63, 3.8) is 0 Å². The minimum absolute atomic E-state index is 0.0293. The summed E-state index contributed by atoms with van der Waals surface area (Å²) in [7, 11) is 0. The van der Waals surface area contributed by atoms with Crippen LogP contribution in [0.4, 0.5) is 4.79 Å². The molecule has 1 aliphatic rings. The fourth-order valence-corrected chi connectivity index (χ4v) is 4.57. The molecule has 0 spiro atoms. The van der Waals surface area contributed by atoms with Gasteiger partial charge in [0.2, 0.25) is 0 Å². The van der Waals surface area contributed by atoms with Crippen LogP contribution in [0.5, 0.6) is 0 Å². The lowest BCUT2D eigenvalue weighted by Crippen LogP contribution is -2.26. The number of ether oxygens (including phenoxy) is 1. The van der Waals surface area contributed by atoms with Crippen molar-refractivity contribution in [1.29, 1.82) is 0 Å². The molecule has 0 aliphatic heterocycles. The Balaban J connectivity index is 1.15. The van der Waals surface area contributed by atoms with E-state index < -0.39 is 6.09 Å². The summed E-state index contributed by atoms with van der Waals surface area (Å²) in [6, 6.07) is 33.0. The number of benzene rings is 4. The number of carbonyl (C=O) groups excluding carboxylic acids is 2. The maximum Gasteiger partial charge on any atom is 0.407 e. The molecule has 0 saturated heterocycles. The van der Waals surface area contributed by atoms with E-state index >= 15 is 0 Å². The minimum Gasteiger partial charge on any atom is -0.449 e. The van der Waals surface area contributed by atoms with Gasteiger partial charge in [0.25, 0.3) is 0 Å². The standard InChI is InChI=1S/C32H25NO3/c34-31(24-14-2-1-3-15-24)25-16-5-4-12-23(25)13-10-11-21-33-32(35)36-22-30-28-19-8-6-17-26(28)27-18-7-9-20-29(27)30/h1-9,12,14-20,30H,11,21-22H2,(H,33,35). The number of ketones is 1. The monoisotopic (exact) mass is 471 g/mol. The first kappa shape index (κ1) is 23.1. The zero-order chi connectivity index (χ0) is 24.7. The molecular weight excluding hydrogens is 446 g/mol. The third-order valence-corrected chi connectivity index (χ3v) is 6.29. The molecule has 176 valence electrons. The van der Waals surface area contributed by atoms with Gasteiger partial charge >= 0.3 is 6.09 Å². The molecule has 0 saturated carbocycles. The maximum absolute atomic E-state index is 12.8. The van der Waals surface area contributed by atoms with Crippen LogP contribution < -0.4 is 5.32 Å². The lowest BCUT2D eigenvalue weighted by molar-refractivity contribution is 0.103. The maximum atomic E-state index is 12.8. The summed E-state index contributed by atoms with van der Waals surface area (Å²) in [6.07, 6.45) is -0.0174. The lowest BCUT2D eigenvalue weighted by atomic mass is 9.98. The fourth-order valence-electron chi connectivity index (χ4n) is 4.57. The predicted molar refractivity (Wildman–Crippen MR) is 141 cm³/mol. The van der Waals surface area contributed by atoms with Gasteiger partial charge in [0.05, 0.1) is 0 Å². The van der Waals surface area contributed by atoms with Gasteiger partial charge in [0.1, 0.15) is 6.61 Å². The van der Waals surface area contributed by atoms with E-state index in [1.54, 1.807) is 18.2 Å². The van der Waals surface area contributed by atoms with Crippen molar-refractivity contribution in [3.8, 4) is 23.0 Å². The number of rotatable bonds is 6. The molecule has 0 heterocycles. The average Bonchev–Trinajstić information content (AvgIpc) is 3.25. The van der Waals surface area contributed by atoms with Crippen molar-refractivity contribution in [1.82, 2.24) is 5.32 Å². The molecule has 0 radical (unpaired) electrons. The van der Waals surface area contributed by atoms with E-state index in [4.69, 9.17) is 4.74 Å². The van der Waals surface area contributed by atoms with Gasteiger partial charge < -0.3 is 10.1 Å². The first-order valence-electron chi connectivity index (χ1n) is 12.0. The number of hydrogen-bond donors (Lipinski definition) is 1. The lowest BCUT2D eigenvalue weighted by Gasteiger charge is -2.14. The van der Waals surface area contributed by atoms with Gasteiger partial charge in [-0.2, -0.15) is 0 Å². The van der Waals surface area contributed by atoms with E-state index in [1.807, 2.05) is 60.7 Å². The van der Waals surface area contributed by atoms with E-state index in [0.29, 0.717) is 29.7 Å². The van der Waals surface area contributed by atoms with E-state index in [1.165, 1.54) is 22.3 Å². The second-order valence-electron chi connectivity index (χ2n) is 8.54. The normalized spacial score (nSPS) is 11.6. The minimum atomic E-state index is -0.460. The van der Waals surface area contributed by atoms with Crippen LogP contribution in [-0.4, -0.2) is 25.0 Å². The molecule has 4 nitrogen and oxygen atoms in total. The van der Waals surface area contributed by atoms with Gasteiger partial charge in [0, 0.05) is 35.6 Å². The molecule has 0 aromatic heterocycles. The third kappa shape index (κ3) is 4.92. The zero-order valence-corrected chi connectivity index (χ0v) is 19.7. The second-order valence-corrected chi connectivity index (χ2v) is 8.54. The Bertz CT molecular complexity index is 1420. The summed E-state index contributed by atoms with van der Waals surface area (Å²) in [5.74, 6) is 6.10. The van der Waals surface area contributed by atoms with Gasteiger partial charge in [-0.3, -0.25) is 4.79 Å². The second kappa shape index (κ2) is 10.8. The number of carbonyl (C=O) groups is 2. The summed E-state index contributed by atoms with van der Waals surface area (Å²) in [5.41, 5.74) is 6.63. The quantitative estimate of drug-likeness (QED) is 0.207. The summed E-state index contributed by atoms with van der Waals surface area (Å²) in [6.45, 7) is 0.638. The van der Waals surface area contributed by atoms with Gasteiger partial charge in [-0.1, -0.05) is 103 Å². The number of fused-ring (bicyclic) bond motifs is 3. The van der Waals surface area contributed by atoms with Crippen LogP contribution in [0.1, 0.15) is 45.0 Å². The van der Waals surface area contributed by atoms with Crippen LogP contribution in [0.3, 0.4) is 0 Å². The summed E-state index contributed by atoms with van der Waals surface area (Å²) >= 11 is 0. The van der Waals surface area contributed by atoms with Crippen LogP contribution in [0.2, 0.25) is 0 Å². The van der Waals surface area contributed by atoms with Crippen molar-refractivity contribution in [2.75, 3.05) is 13.2 Å². The van der Waals surface area contributed by atoms with Gasteiger partial charge in [-0.25, -0.2) is 4.79 Å². The van der Waals surface area contributed by atoms with Crippen molar-refractivity contribution in [2.24, 2.45) is 0 Å². The van der Waals surface area contributed by atoms with Gasteiger partial charge in [-0.15, -0.1) is 0 Å². The highest BCUT2D eigenvalue weighted by molar-refractivity contribution is 6.10. The molecular formula is C32H25NO3. The van der Waals surface area contributed by atoms with Crippen LogP contribution >= 0.6 is 0 Å². The molecule has 36 heavy (non-hydrogen) atoms. The smallest absolute Gasteiger partial charge is 0.407 e. The Labute approximate surface area is 211 Å². The topological polar surface area (TPSA) is 55.4 Å². The Kier molecular flexibility index (Phi) is 6.91. The molecule has 5 rings (SSSR count). The Hall–Kier alpha value is -4.62. The molecule has 0 atom stereocenters. The van der Waals surface area contributed by atoms with Gasteiger partial charge in [-0.05, 0) is 34.4 Å². The summed E-state index contributed by atoms with van der Waals surface area (Å²) in [4.78, 5) is 25.2. The van der Waals surface area contributed by atoms with Crippen LogP contribution in [0.25, 0.3) is 11.1 Å². The van der Waals surface area contributed by atoms with Gasteiger partial charge in [0.15, 0.2) is 5.78 Å². The largest absolute Gasteiger partial charge is 0.449 e. The molecule has 4 aromatic rings. The molecule has 0 bridgehead atoms. The zero-order valence-electron chi connectivity index (χ0n) is 19.7. The molecule has 0 unspecified atom stereocenters. The molecule has 1 aliphatic carbocycles. The van der Waals surface area contributed by atoms with E-state index in [-0.39, 0.29) is 18.3 Å². The SMILES string of the molecule is O=C(NCCC#Cc1ccccc1C(=O)c1ccccc1)OCC1c2ccccc2-c2ccccc21. The number of amides is 1. The Morgan fingerprint density at radius 1 is 0.750 bits per heavy atom. The van der Waals surface area contributed by atoms with Crippen molar-refractivity contribution < 1.29 is 14.3 Å². The average molecular weight is 472 g/mol. The van der Waals surface area contributed by atoms with Crippen molar-refractivity contribution in [3.05, 3.63) is 131 Å². The third-order valence-electron chi connectivity index (χ3n) is 6.29. The van der Waals surface area contributed by atoms with Crippen molar-refractivity contribution in [2.45, 2.75) is 12.3 Å². The van der Waals surface area contributed by atoms with Crippen molar-refractivity contribution >= 4 is 11.9 Å². The molecule has 4 heteroatoms. The highest BCUT2D eigenvalue weighted by Gasteiger charge is 2.28. The molecule has 1 N–H and O–H groups in total. The predicted octanol–water partition coefficient (Wildman–Crippen LogP) is 6.20. The number of hydrogen-bond acceptors (Lipinski definition) is 3. The number of alkyl carbamates (subject to hydrolysis) is 1. The first-order valence-corrected chi connectivity index (χ1v) is 12.0. The Morgan fingerprint density at radius 3 is 2.08 bits per heavy atom. The molecule has 0 fully saturated rings. The van der Waals surface area contributed by atoms with Crippen LogP contribution in [0.15, 0.2) is 103 Å². The molecule has 1 amide bonds. The van der Waals surface area contributed by atoms with E-state index in [9.17, 15) is 9.59 Å². The highest BCUT2D eigenvalue weighted by atomic mass is 16.5. The molecule has 4 aromatic carbocycles. The first-order chi connectivity index (χ1) is 17.7. The van der Waals surface area contributed by atoms with E-state index in [0.717, 1.165) is 0 Å². The van der Waals surface area contributed by atoms with Crippen LogP contribution in [0, 0.1) is 11.8 Å². The number of nitrogens with one attached hydrogen (secondary N) is 1.